The Balaban J connectivity index is 0.000000217. The molecule has 10 heteroatoms. The summed E-state index contributed by atoms with van der Waals surface area (Å²) < 4.78 is 0. The molecule has 0 spiro atoms. The fraction of sp³-hybridized carbons (Fsp3) is 0. The number of amides is 2. The van der Waals surface area contributed by atoms with Crippen LogP contribution in [0.1, 0.15) is 20.7 Å². The van der Waals surface area contributed by atoms with Crippen LogP contribution in [0.25, 0.3) is 0 Å². The molecule has 3 rings (SSSR count). The maximum Gasteiger partial charge on any atom is 0.248 e. The second kappa shape index (κ2) is 10.6. The van der Waals surface area contributed by atoms with Crippen molar-refractivity contribution in [2.45, 2.75) is 0 Å². The number of hydrogen-bond donors (Lipinski definition) is 6. The lowest BCUT2D eigenvalue weighted by Crippen LogP contribution is -2.14. The van der Waals surface area contributed by atoms with Crippen LogP contribution in [0.4, 0.5) is 23.3 Å². The molecule has 0 fully saturated rings. The van der Waals surface area contributed by atoms with E-state index in [0.717, 1.165) is 0 Å². The van der Waals surface area contributed by atoms with E-state index in [9.17, 15) is 9.59 Å². The standard InChI is InChI=1S/C8H8N2O2.2C5H7N3/c9-7(11)5-2-1-3-6(4-5)8(10)12;2*6-4-2-1-3-5(7)8-4/h1-4H,(H2,9,11)(H2,10,12);2*1-3H,(H4,6,7,8). The maximum absolute atomic E-state index is 10.6. The van der Waals surface area contributed by atoms with E-state index in [1.807, 2.05) is 0 Å². The topological polar surface area (TPSA) is 216 Å². The van der Waals surface area contributed by atoms with Crippen molar-refractivity contribution in [2.24, 2.45) is 11.5 Å². The molecule has 0 saturated heterocycles. The first kappa shape index (κ1) is 21.7. The average Bonchev–Trinajstić information content (AvgIpc) is 2.62. The predicted octanol–water partition coefficient (Wildman–Crippen LogP) is 0.376. The minimum atomic E-state index is -0.571. The van der Waals surface area contributed by atoms with Gasteiger partial charge in [-0.15, -0.1) is 0 Å². The van der Waals surface area contributed by atoms with Gasteiger partial charge in [0.05, 0.1) is 0 Å². The monoisotopic (exact) mass is 382 g/mol. The number of carbonyl (C=O) groups excluding carboxylic acids is 2. The van der Waals surface area contributed by atoms with Gasteiger partial charge in [-0.3, -0.25) is 9.59 Å². The third-order valence-corrected chi connectivity index (χ3v) is 3.02. The zero-order valence-corrected chi connectivity index (χ0v) is 14.9. The second-order valence-electron chi connectivity index (χ2n) is 5.28. The van der Waals surface area contributed by atoms with Gasteiger partial charge >= 0.3 is 0 Å². The van der Waals surface area contributed by atoms with Gasteiger partial charge in [-0.25, -0.2) is 9.97 Å². The van der Waals surface area contributed by atoms with Gasteiger partial charge in [0, 0.05) is 11.1 Å². The van der Waals surface area contributed by atoms with Crippen molar-refractivity contribution in [1.29, 1.82) is 0 Å². The minimum Gasteiger partial charge on any atom is -0.384 e. The van der Waals surface area contributed by atoms with Crippen LogP contribution in [-0.4, -0.2) is 21.8 Å². The van der Waals surface area contributed by atoms with E-state index in [1.165, 1.54) is 18.2 Å². The van der Waals surface area contributed by atoms with E-state index in [0.29, 0.717) is 23.3 Å². The minimum absolute atomic E-state index is 0.284. The van der Waals surface area contributed by atoms with Gasteiger partial charge in [-0.05, 0) is 42.5 Å². The van der Waals surface area contributed by atoms with Crippen LogP contribution >= 0.6 is 0 Å². The van der Waals surface area contributed by atoms with Crippen LogP contribution in [0.15, 0.2) is 60.7 Å². The Morgan fingerprint density at radius 2 is 0.857 bits per heavy atom. The molecule has 10 nitrogen and oxygen atoms in total. The molecule has 146 valence electrons. The van der Waals surface area contributed by atoms with Crippen LogP contribution < -0.4 is 34.4 Å². The summed E-state index contributed by atoms with van der Waals surface area (Å²) in [5.41, 5.74) is 31.6. The first-order valence-corrected chi connectivity index (χ1v) is 7.84. The molecule has 0 radical (unpaired) electrons. The van der Waals surface area contributed by atoms with Crippen LogP contribution in [0, 0.1) is 0 Å². The first-order valence-electron chi connectivity index (χ1n) is 7.84. The van der Waals surface area contributed by atoms with Crippen LogP contribution in [-0.2, 0) is 0 Å². The van der Waals surface area contributed by atoms with Crippen LogP contribution in [0.2, 0.25) is 0 Å². The van der Waals surface area contributed by atoms with Crippen LogP contribution in [0.3, 0.4) is 0 Å². The lowest BCUT2D eigenvalue weighted by Gasteiger charge is -1.97. The number of pyridine rings is 2. The van der Waals surface area contributed by atoms with Crippen molar-refractivity contribution in [3.63, 3.8) is 0 Å². The number of anilines is 4. The van der Waals surface area contributed by atoms with Crippen LogP contribution in [0.5, 0.6) is 0 Å². The fourth-order valence-corrected chi connectivity index (χ4v) is 1.76. The van der Waals surface area contributed by atoms with Crippen molar-refractivity contribution in [2.75, 3.05) is 22.9 Å². The molecule has 0 aliphatic heterocycles. The van der Waals surface area contributed by atoms with Crippen molar-refractivity contribution >= 4 is 35.1 Å². The third-order valence-electron chi connectivity index (χ3n) is 3.02. The Morgan fingerprint density at radius 3 is 1.07 bits per heavy atom. The molecule has 2 amide bonds. The number of primary amides is 2. The maximum atomic E-state index is 10.6. The molecular weight excluding hydrogens is 360 g/mol. The number of nitrogen functional groups attached to an aromatic ring is 4. The van der Waals surface area contributed by atoms with Gasteiger partial charge in [0.1, 0.15) is 23.3 Å². The number of rotatable bonds is 2. The largest absolute Gasteiger partial charge is 0.384 e. The summed E-state index contributed by atoms with van der Waals surface area (Å²) in [6.07, 6.45) is 0. The summed E-state index contributed by atoms with van der Waals surface area (Å²) in [5, 5.41) is 0. The molecule has 0 bridgehead atoms. The number of aromatic nitrogens is 2. The van der Waals surface area contributed by atoms with Gasteiger partial charge in [0.25, 0.3) is 0 Å². The molecule has 2 aromatic heterocycles. The van der Waals surface area contributed by atoms with E-state index >= 15 is 0 Å². The average molecular weight is 382 g/mol. The molecule has 0 aliphatic rings. The van der Waals surface area contributed by atoms with Crippen molar-refractivity contribution in [1.82, 2.24) is 9.97 Å². The molecule has 3 aromatic rings. The fourth-order valence-electron chi connectivity index (χ4n) is 1.76. The molecule has 0 atom stereocenters. The van der Waals surface area contributed by atoms with Crippen molar-refractivity contribution < 1.29 is 9.59 Å². The molecule has 12 N–H and O–H groups in total. The molecule has 28 heavy (non-hydrogen) atoms. The summed E-state index contributed by atoms with van der Waals surface area (Å²) in [7, 11) is 0. The van der Waals surface area contributed by atoms with Crippen molar-refractivity contribution in [3.05, 3.63) is 71.8 Å². The first-order chi connectivity index (χ1) is 13.2. The highest BCUT2D eigenvalue weighted by Gasteiger charge is 2.03. The summed E-state index contributed by atoms with van der Waals surface area (Å²) in [4.78, 5) is 28.8. The number of benzene rings is 1. The smallest absolute Gasteiger partial charge is 0.248 e. The molecular formula is C18H22N8O2. The van der Waals surface area contributed by atoms with Gasteiger partial charge in [0.2, 0.25) is 11.8 Å². The Hall–Kier alpha value is -4.34. The van der Waals surface area contributed by atoms with E-state index in [4.69, 9.17) is 34.4 Å². The quantitative estimate of drug-likeness (QED) is 0.363. The van der Waals surface area contributed by atoms with E-state index in [-0.39, 0.29) is 11.1 Å². The second-order valence-corrected chi connectivity index (χ2v) is 5.28. The molecule has 0 unspecified atom stereocenters. The molecule has 1 aromatic carbocycles. The lowest BCUT2D eigenvalue weighted by molar-refractivity contribution is 0.0999. The number of carbonyl (C=O) groups is 2. The van der Waals surface area contributed by atoms with E-state index < -0.39 is 11.8 Å². The zero-order chi connectivity index (χ0) is 21.1. The third kappa shape index (κ3) is 8.16. The Bertz CT molecular complexity index is 839. The van der Waals surface area contributed by atoms with E-state index in [1.54, 1.807) is 42.5 Å². The highest BCUT2D eigenvalue weighted by Crippen LogP contribution is 2.03. The Morgan fingerprint density at radius 1 is 0.571 bits per heavy atom. The lowest BCUT2D eigenvalue weighted by atomic mass is 10.1. The zero-order valence-electron chi connectivity index (χ0n) is 14.9. The van der Waals surface area contributed by atoms with Gasteiger partial charge in [-0.2, -0.15) is 0 Å². The summed E-state index contributed by atoms with van der Waals surface area (Å²) in [6.45, 7) is 0. The highest BCUT2D eigenvalue weighted by atomic mass is 16.1. The Labute approximate surface area is 161 Å². The van der Waals surface area contributed by atoms with Gasteiger partial charge < -0.3 is 34.4 Å². The molecule has 0 aliphatic carbocycles. The highest BCUT2D eigenvalue weighted by molar-refractivity contribution is 5.98. The number of nitrogens with zero attached hydrogens (tertiary/aromatic N) is 2. The molecule has 2 heterocycles. The summed E-state index contributed by atoms with van der Waals surface area (Å²) in [6, 6.07) is 16.3. The normalized spacial score (nSPS) is 9.14. The summed E-state index contributed by atoms with van der Waals surface area (Å²) >= 11 is 0. The van der Waals surface area contributed by atoms with Crippen molar-refractivity contribution in [3.8, 4) is 0 Å². The Kier molecular flexibility index (Phi) is 8.22. The predicted molar refractivity (Wildman–Crippen MR) is 110 cm³/mol. The molecule has 0 saturated carbocycles. The number of nitrogens with two attached hydrogens (primary N) is 6. The number of hydrogen-bond acceptors (Lipinski definition) is 8. The van der Waals surface area contributed by atoms with Gasteiger partial charge in [-0.1, -0.05) is 18.2 Å². The van der Waals surface area contributed by atoms with E-state index in [2.05, 4.69) is 9.97 Å². The SMILES string of the molecule is NC(=O)c1cccc(C(N)=O)c1.Nc1cccc(N)n1.Nc1cccc(N)n1. The summed E-state index contributed by atoms with van der Waals surface area (Å²) in [5.74, 6) is 0.709. The van der Waals surface area contributed by atoms with Gasteiger partial charge in [0.15, 0.2) is 0 Å².